The van der Waals surface area contributed by atoms with Crippen LogP contribution in [0, 0.1) is 6.92 Å². The normalized spacial score (nSPS) is 14.3. The highest BCUT2D eigenvalue weighted by Crippen LogP contribution is 2.34. The average Bonchev–Trinajstić information content (AvgIpc) is 3.50. The number of carbonyl (C=O) groups excluding carboxylic acids is 1. The number of aryl methyl sites for hydroxylation is 1. The first kappa shape index (κ1) is 19.7. The Morgan fingerprint density at radius 3 is 2.59 bits per heavy atom. The Kier molecular flexibility index (Phi) is 4.78. The molecule has 29 heavy (non-hydrogen) atoms. The molecule has 2 aromatic carbocycles. The molecule has 0 spiro atoms. The topological polar surface area (TPSA) is 94.5 Å². The summed E-state index contributed by atoms with van der Waals surface area (Å²) in [5.41, 5.74) is 1.52. The van der Waals surface area contributed by atoms with E-state index >= 15 is 0 Å². The van der Waals surface area contributed by atoms with Crippen LogP contribution in [0.1, 0.15) is 18.4 Å². The zero-order valence-electron chi connectivity index (χ0n) is 15.9. The lowest BCUT2D eigenvalue weighted by molar-refractivity contribution is -0.119. The van der Waals surface area contributed by atoms with Gasteiger partial charge in [-0.15, -0.1) is 0 Å². The molecule has 1 saturated carbocycles. The number of pyridine rings is 1. The van der Waals surface area contributed by atoms with E-state index in [0.29, 0.717) is 34.6 Å². The predicted octanol–water partition coefficient (Wildman–Crippen LogP) is 2.73. The largest absolute Gasteiger partial charge is 0.493 e. The fourth-order valence-electron chi connectivity index (χ4n) is 3.47. The molecule has 1 heterocycles. The summed E-state index contributed by atoms with van der Waals surface area (Å²) in [6.45, 7) is 1.56. The summed E-state index contributed by atoms with van der Waals surface area (Å²) in [6.07, 6.45) is 1.10. The van der Waals surface area contributed by atoms with Crippen molar-refractivity contribution in [1.29, 1.82) is 0 Å². The quantitative estimate of drug-likeness (QED) is 0.623. The average molecular weight is 435 g/mol. The van der Waals surface area contributed by atoms with Crippen LogP contribution >= 0.6 is 11.6 Å². The molecule has 1 N–H and O–H groups in total. The van der Waals surface area contributed by atoms with Crippen molar-refractivity contribution in [2.75, 3.05) is 7.11 Å². The second kappa shape index (κ2) is 7.03. The van der Waals surface area contributed by atoms with E-state index in [2.05, 4.69) is 4.72 Å². The van der Waals surface area contributed by atoms with Gasteiger partial charge in [0.2, 0.25) is 10.0 Å². The number of hydrogen-bond donors (Lipinski definition) is 1. The fourth-order valence-corrected chi connectivity index (χ4v) is 5.01. The molecule has 1 aromatic heterocycles. The highest BCUT2D eigenvalue weighted by Gasteiger charge is 2.36. The molecule has 4 rings (SSSR count). The van der Waals surface area contributed by atoms with Gasteiger partial charge in [0.15, 0.2) is 11.2 Å². The van der Waals surface area contributed by atoms with Crippen LogP contribution in [0.3, 0.4) is 0 Å². The number of sulfonamides is 1. The van der Waals surface area contributed by atoms with Gasteiger partial charge in [-0.25, -0.2) is 8.42 Å². The van der Waals surface area contributed by atoms with E-state index in [-0.39, 0.29) is 22.7 Å². The first-order chi connectivity index (χ1) is 13.7. The summed E-state index contributed by atoms with van der Waals surface area (Å²) < 4.78 is 33.5. The lowest BCUT2D eigenvalue weighted by Gasteiger charge is -2.18. The monoisotopic (exact) mass is 434 g/mol. The Balaban J connectivity index is 1.97. The zero-order valence-corrected chi connectivity index (χ0v) is 17.4. The van der Waals surface area contributed by atoms with E-state index in [1.165, 1.54) is 7.11 Å². The zero-order chi connectivity index (χ0) is 20.9. The molecule has 1 aliphatic carbocycles. The Bertz CT molecular complexity index is 1330. The van der Waals surface area contributed by atoms with Gasteiger partial charge in [0.05, 0.1) is 33.8 Å². The summed E-state index contributed by atoms with van der Waals surface area (Å²) >= 11 is 6.27. The van der Waals surface area contributed by atoms with Crippen molar-refractivity contribution in [1.82, 2.24) is 9.29 Å². The van der Waals surface area contributed by atoms with Gasteiger partial charge in [0.1, 0.15) is 6.54 Å². The van der Waals surface area contributed by atoms with E-state index in [0.717, 1.165) is 5.56 Å². The maximum absolute atomic E-state index is 13.0. The van der Waals surface area contributed by atoms with E-state index in [1.807, 2.05) is 13.0 Å². The van der Waals surface area contributed by atoms with Crippen molar-refractivity contribution in [3.05, 3.63) is 51.1 Å². The highest BCUT2D eigenvalue weighted by atomic mass is 35.5. The van der Waals surface area contributed by atoms with E-state index in [4.69, 9.17) is 16.3 Å². The van der Waals surface area contributed by atoms with Crippen LogP contribution in [0.15, 0.2) is 35.1 Å². The predicted molar refractivity (Wildman–Crippen MR) is 112 cm³/mol. The second-order valence-electron chi connectivity index (χ2n) is 7.18. The maximum Gasteiger partial charge on any atom is 0.253 e. The summed E-state index contributed by atoms with van der Waals surface area (Å²) in [6, 6.07) is 8.43. The molecule has 0 radical (unpaired) electrons. The van der Waals surface area contributed by atoms with Gasteiger partial charge < -0.3 is 9.30 Å². The molecule has 0 atom stereocenters. The van der Waals surface area contributed by atoms with Crippen molar-refractivity contribution in [2.24, 2.45) is 0 Å². The van der Waals surface area contributed by atoms with Crippen molar-refractivity contribution in [3.8, 4) is 5.75 Å². The van der Waals surface area contributed by atoms with Gasteiger partial charge in [0, 0.05) is 5.39 Å². The van der Waals surface area contributed by atoms with Crippen LogP contribution in [0.2, 0.25) is 5.02 Å². The fraction of sp³-hybridized carbons (Fsp3) is 0.300. The Hall–Kier alpha value is -2.58. The van der Waals surface area contributed by atoms with Gasteiger partial charge >= 0.3 is 0 Å². The number of benzene rings is 2. The van der Waals surface area contributed by atoms with Crippen LogP contribution in [0.5, 0.6) is 5.75 Å². The summed E-state index contributed by atoms with van der Waals surface area (Å²) in [5.74, 6) is -0.436. The number of aromatic nitrogens is 1. The van der Waals surface area contributed by atoms with E-state index < -0.39 is 21.2 Å². The SMILES string of the molecule is COc1c(Cl)ccc2c(=O)c3ccc(C)cc3n(CC(=O)NS(=O)(=O)C3CC3)c12. The minimum atomic E-state index is -3.69. The molecule has 9 heteroatoms. The second-order valence-corrected chi connectivity index (χ2v) is 9.55. The third-order valence-corrected chi connectivity index (χ3v) is 7.17. The van der Waals surface area contributed by atoms with Crippen molar-refractivity contribution < 1.29 is 17.9 Å². The molecule has 3 aromatic rings. The molecule has 0 saturated heterocycles. The smallest absolute Gasteiger partial charge is 0.253 e. The first-order valence-corrected chi connectivity index (χ1v) is 11.0. The van der Waals surface area contributed by atoms with Crippen molar-refractivity contribution in [2.45, 2.75) is 31.6 Å². The number of nitrogens with zero attached hydrogens (tertiary/aromatic N) is 1. The highest BCUT2D eigenvalue weighted by molar-refractivity contribution is 7.90. The van der Waals surface area contributed by atoms with Gasteiger partial charge in [0.25, 0.3) is 5.91 Å². The van der Waals surface area contributed by atoms with Crippen molar-refractivity contribution in [3.63, 3.8) is 0 Å². The molecule has 0 aliphatic heterocycles. The summed E-state index contributed by atoms with van der Waals surface area (Å²) in [4.78, 5) is 25.7. The Morgan fingerprint density at radius 1 is 1.24 bits per heavy atom. The molecule has 1 aliphatic rings. The first-order valence-electron chi connectivity index (χ1n) is 9.06. The Labute approximate surface area is 172 Å². The number of nitrogens with one attached hydrogen (secondary N) is 1. The third-order valence-electron chi connectivity index (χ3n) is 5.01. The summed E-state index contributed by atoms with van der Waals surface area (Å²) in [5, 5.41) is 0.525. The third kappa shape index (κ3) is 3.47. The number of hydrogen-bond acceptors (Lipinski definition) is 5. The molecule has 1 amide bonds. The summed E-state index contributed by atoms with van der Waals surface area (Å²) in [7, 11) is -2.26. The van der Waals surface area contributed by atoms with Gasteiger partial charge in [-0.3, -0.25) is 14.3 Å². The number of halogens is 1. The molecular formula is C20H19ClN2O5S. The molecule has 0 bridgehead atoms. The Morgan fingerprint density at radius 2 is 1.93 bits per heavy atom. The van der Waals surface area contributed by atoms with Crippen LogP contribution in [0.4, 0.5) is 0 Å². The van der Waals surface area contributed by atoms with Gasteiger partial charge in [-0.1, -0.05) is 17.7 Å². The standard InChI is InChI=1S/C20H19ClN2O5S/c1-11-3-6-13-16(9-11)23(10-17(24)22-29(26,27)12-4-5-12)18-14(19(13)25)7-8-15(21)20(18)28-2/h3,6-9,12H,4-5,10H2,1-2H3,(H,22,24). The van der Waals surface area contributed by atoms with Crippen LogP contribution in [-0.4, -0.2) is 31.3 Å². The maximum atomic E-state index is 13.0. The minimum Gasteiger partial charge on any atom is -0.493 e. The lowest BCUT2D eigenvalue weighted by Crippen LogP contribution is -2.36. The van der Waals surface area contributed by atoms with Crippen LogP contribution in [0.25, 0.3) is 21.8 Å². The van der Waals surface area contributed by atoms with Crippen molar-refractivity contribution >= 4 is 49.3 Å². The van der Waals surface area contributed by atoms with Crippen LogP contribution in [-0.2, 0) is 21.4 Å². The number of amides is 1. The number of methoxy groups -OCH3 is 1. The van der Waals surface area contributed by atoms with Crippen LogP contribution < -0.4 is 14.9 Å². The number of rotatable bonds is 5. The molecule has 0 unspecified atom stereocenters. The lowest BCUT2D eigenvalue weighted by atomic mass is 10.1. The molecule has 7 nitrogen and oxygen atoms in total. The van der Waals surface area contributed by atoms with E-state index in [1.54, 1.807) is 28.8 Å². The number of ether oxygens (including phenoxy) is 1. The molecule has 152 valence electrons. The number of carbonyl (C=O) groups is 1. The minimum absolute atomic E-state index is 0.216. The van der Waals surface area contributed by atoms with E-state index in [9.17, 15) is 18.0 Å². The molecule has 1 fully saturated rings. The number of fused-ring (bicyclic) bond motifs is 2. The van der Waals surface area contributed by atoms with Gasteiger partial charge in [-0.2, -0.15) is 0 Å². The van der Waals surface area contributed by atoms with Gasteiger partial charge in [-0.05, 0) is 49.6 Å². The molecular weight excluding hydrogens is 416 g/mol.